The molecule has 3 nitrogen and oxygen atoms in total. The molecule has 0 atom stereocenters. The number of allylic oxidation sites excluding steroid dienone is 8. The first-order chi connectivity index (χ1) is 25.5. The van der Waals surface area contributed by atoms with E-state index in [0.717, 1.165) is 63.9 Å². The van der Waals surface area contributed by atoms with Gasteiger partial charge >= 0.3 is 0 Å². The minimum atomic E-state index is -0.565. The van der Waals surface area contributed by atoms with E-state index >= 15 is 0 Å². The highest BCUT2D eigenvalue weighted by Crippen LogP contribution is 2.36. The Bertz CT molecular complexity index is 1360. The maximum Gasteiger partial charge on any atom is 0.146 e. The average molecular weight is 749 g/mol. The van der Waals surface area contributed by atoms with Crippen LogP contribution in [-0.2, 0) is 10.2 Å². The van der Waals surface area contributed by atoms with Crippen LogP contribution in [0.25, 0.3) is 5.57 Å². The summed E-state index contributed by atoms with van der Waals surface area (Å²) in [5.74, 6) is 1.91. The lowest BCUT2D eigenvalue weighted by atomic mass is 9.74. The zero-order chi connectivity index (χ0) is 42.4. The standard InChI is InChI=1S/C33H45FN2O.C8H16.C4H10.C3H8.C2H6/c1-12-15-19-35-31(25(8)26(9)36-30(16-13-2)29(34)14-3)21-23(6)27-17-18-28(24(7)20-27)33(10,11)32(37)22(4)5;1-3-4-8-5-7(2)6-8;1-3-4-2;1-3-2;1-2/h13-14,16-22,36H,3,6,12,15H2,1-2,4-5,7-11H3;7-8H,3-6H2,1-2H3;3-4H2,1-2H3;3H2,1-2H3;1-2H3/b16-13-,26-25+,30-29-,31-21+,35-19?;;;;. The van der Waals surface area contributed by atoms with Gasteiger partial charge in [0.05, 0.1) is 11.4 Å². The van der Waals surface area contributed by atoms with Crippen molar-refractivity contribution in [2.24, 2.45) is 22.7 Å². The molecule has 1 saturated carbocycles. The second kappa shape index (κ2) is 32.0. The van der Waals surface area contributed by atoms with Crippen LogP contribution in [0.3, 0.4) is 0 Å². The quantitative estimate of drug-likeness (QED) is 0.135. The first-order valence-corrected chi connectivity index (χ1v) is 21.2. The van der Waals surface area contributed by atoms with E-state index in [1.54, 1.807) is 12.2 Å². The highest BCUT2D eigenvalue weighted by Gasteiger charge is 2.32. The van der Waals surface area contributed by atoms with E-state index in [-0.39, 0.29) is 11.7 Å². The molecular weight excluding hydrogens is 664 g/mol. The Morgan fingerprint density at radius 1 is 1.02 bits per heavy atom. The number of aryl methyl sites for hydroxylation is 1. The van der Waals surface area contributed by atoms with E-state index in [0.29, 0.717) is 5.70 Å². The van der Waals surface area contributed by atoms with E-state index in [9.17, 15) is 9.18 Å². The monoisotopic (exact) mass is 749 g/mol. The van der Waals surface area contributed by atoms with Gasteiger partial charge in [-0.2, -0.15) is 0 Å². The Morgan fingerprint density at radius 2 is 1.57 bits per heavy atom. The maximum atomic E-state index is 14.3. The van der Waals surface area contributed by atoms with Crippen LogP contribution in [0, 0.1) is 24.7 Å². The summed E-state index contributed by atoms with van der Waals surface area (Å²) in [6.45, 7) is 42.8. The highest BCUT2D eigenvalue weighted by molar-refractivity contribution is 5.91. The number of hydrogen-bond donors (Lipinski definition) is 1. The largest absolute Gasteiger partial charge is 0.356 e. The fourth-order valence-electron chi connectivity index (χ4n) is 5.86. The molecule has 1 aromatic rings. The fraction of sp³-hybridized carbons (Fsp3) is 0.600. The molecule has 4 heteroatoms. The zero-order valence-electron chi connectivity index (χ0n) is 38.4. The van der Waals surface area contributed by atoms with Gasteiger partial charge in [0.2, 0.25) is 0 Å². The number of benzene rings is 1. The van der Waals surface area contributed by atoms with Crippen molar-refractivity contribution in [3.8, 4) is 0 Å². The van der Waals surface area contributed by atoms with Crippen molar-refractivity contribution in [2.75, 3.05) is 0 Å². The van der Waals surface area contributed by atoms with Crippen molar-refractivity contribution in [3.63, 3.8) is 0 Å². The number of carbonyl (C=O) groups excluding carboxylic acids is 1. The number of unbranched alkanes of at least 4 members (excludes halogenated alkanes) is 2. The van der Waals surface area contributed by atoms with Crippen LogP contribution in [0.1, 0.15) is 185 Å². The number of hydrogen-bond acceptors (Lipinski definition) is 3. The third-order valence-corrected chi connectivity index (χ3v) is 9.08. The minimum Gasteiger partial charge on any atom is -0.356 e. The molecule has 0 aromatic heterocycles. The second-order valence-corrected chi connectivity index (χ2v) is 15.1. The van der Waals surface area contributed by atoms with Crippen molar-refractivity contribution in [3.05, 3.63) is 101 Å². The first-order valence-electron chi connectivity index (χ1n) is 21.2. The molecule has 0 heterocycles. The van der Waals surface area contributed by atoms with Gasteiger partial charge in [-0.25, -0.2) is 4.39 Å². The van der Waals surface area contributed by atoms with E-state index < -0.39 is 11.2 Å². The molecular formula is C50H85FN2O. The Morgan fingerprint density at radius 3 is 1.98 bits per heavy atom. The van der Waals surface area contributed by atoms with Crippen LogP contribution in [-0.4, -0.2) is 12.0 Å². The fourth-order valence-corrected chi connectivity index (χ4v) is 5.86. The molecule has 0 aliphatic heterocycles. The van der Waals surface area contributed by atoms with E-state index in [1.165, 1.54) is 51.0 Å². The van der Waals surface area contributed by atoms with Crippen LogP contribution < -0.4 is 5.32 Å². The molecule has 0 unspecified atom stereocenters. The van der Waals surface area contributed by atoms with E-state index in [2.05, 4.69) is 73.0 Å². The second-order valence-electron chi connectivity index (χ2n) is 15.1. The summed E-state index contributed by atoms with van der Waals surface area (Å²) in [5, 5.41) is 3.15. The highest BCUT2D eigenvalue weighted by atomic mass is 19.1. The Labute approximate surface area is 335 Å². The summed E-state index contributed by atoms with van der Waals surface area (Å²) in [5.41, 5.74) is 6.02. The average Bonchev–Trinajstić information content (AvgIpc) is 3.13. The van der Waals surface area contributed by atoms with Gasteiger partial charge in [-0.05, 0) is 119 Å². The summed E-state index contributed by atoms with van der Waals surface area (Å²) >= 11 is 0. The van der Waals surface area contributed by atoms with Crippen molar-refractivity contribution < 1.29 is 9.18 Å². The lowest BCUT2D eigenvalue weighted by Crippen LogP contribution is -2.33. The molecule has 0 spiro atoms. The Balaban J connectivity index is -0.00000126. The molecule has 1 aliphatic rings. The number of Topliss-reactive ketones (excluding diaryl/α,β-unsaturated/α-hetero) is 1. The molecule has 0 saturated heterocycles. The molecule has 2 rings (SSSR count). The van der Waals surface area contributed by atoms with E-state index in [4.69, 9.17) is 4.99 Å². The molecule has 1 fully saturated rings. The maximum absolute atomic E-state index is 14.3. The number of nitrogens with one attached hydrogen (secondary N) is 1. The predicted molar refractivity (Wildman–Crippen MR) is 244 cm³/mol. The minimum absolute atomic E-state index is 0.0368. The van der Waals surface area contributed by atoms with Crippen molar-refractivity contribution >= 4 is 17.6 Å². The Hall–Kier alpha value is -3.27. The number of halogens is 1. The van der Waals surface area contributed by atoms with E-state index in [1.807, 2.05) is 93.7 Å². The number of carbonyl (C=O) groups is 1. The van der Waals surface area contributed by atoms with Crippen molar-refractivity contribution in [1.29, 1.82) is 0 Å². The van der Waals surface area contributed by atoms with Crippen LogP contribution in [0.5, 0.6) is 0 Å². The summed E-state index contributed by atoms with van der Waals surface area (Å²) in [6.07, 6.45) is 20.1. The number of rotatable bonds is 16. The van der Waals surface area contributed by atoms with Crippen molar-refractivity contribution in [2.45, 2.75) is 181 Å². The van der Waals surface area contributed by atoms with Crippen LogP contribution in [0.15, 0.2) is 89.1 Å². The van der Waals surface area contributed by atoms with Gasteiger partial charge < -0.3 is 5.32 Å². The van der Waals surface area contributed by atoms with Gasteiger partial charge in [0.15, 0.2) is 0 Å². The SMILES string of the molecule is C=C/C(F)=C(\C=C/C)N/C(C)=C(C)/C(=C\C(=C)c1ccc(C(C)(C)C(=O)C(C)C)c(C)c1)N=CCCC.CC.CCC.CCCC.CCCC1CC(C)C1. The molecule has 1 aliphatic carbocycles. The van der Waals surface area contributed by atoms with Gasteiger partial charge in [-0.3, -0.25) is 9.79 Å². The first kappa shape index (κ1) is 55.1. The smallest absolute Gasteiger partial charge is 0.146 e. The third-order valence-electron chi connectivity index (χ3n) is 9.08. The molecule has 0 bridgehead atoms. The topological polar surface area (TPSA) is 41.5 Å². The summed E-state index contributed by atoms with van der Waals surface area (Å²) in [7, 11) is 0. The van der Waals surface area contributed by atoms with Crippen LogP contribution >= 0.6 is 0 Å². The molecule has 308 valence electrons. The van der Waals surface area contributed by atoms with Gasteiger partial charge in [0, 0.05) is 23.2 Å². The summed E-state index contributed by atoms with van der Waals surface area (Å²) in [6, 6.07) is 6.12. The van der Waals surface area contributed by atoms with Crippen LogP contribution in [0.4, 0.5) is 4.39 Å². The normalized spacial score (nSPS) is 16.2. The third kappa shape index (κ3) is 21.6. The zero-order valence-corrected chi connectivity index (χ0v) is 38.4. The summed E-state index contributed by atoms with van der Waals surface area (Å²) in [4.78, 5) is 17.6. The van der Waals surface area contributed by atoms with Gasteiger partial charge in [0.25, 0.3) is 0 Å². The Kier molecular flexibility index (Phi) is 32.7. The lowest BCUT2D eigenvalue weighted by molar-refractivity contribution is -0.126. The summed E-state index contributed by atoms with van der Waals surface area (Å²) < 4.78 is 14.3. The number of nitrogens with zero attached hydrogens (tertiary/aromatic N) is 1. The number of aliphatic imine (C=N–C) groups is 1. The predicted octanol–water partition coefficient (Wildman–Crippen LogP) is 16.2. The van der Waals surface area contributed by atoms with Gasteiger partial charge in [-0.1, -0.05) is 152 Å². The molecule has 1 N–H and O–H groups in total. The molecule has 0 amide bonds. The molecule has 1 aromatic carbocycles. The lowest BCUT2D eigenvalue weighted by Gasteiger charge is -2.32. The number of ketones is 1. The van der Waals surface area contributed by atoms with Gasteiger partial charge in [0.1, 0.15) is 11.6 Å². The van der Waals surface area contributed by atoms with Gasteiger partial charge in [-0.15, -0.1) is 0 Å². The molecule has 54 heavy (non-hydrogen) atoms. The molecule has 0 radical (unpaired) electrons. The van der Waals surface area contributed by atoms with Crippen molar-refractivity contribution in [1.82, 2.24) is 5.32 Å². The van der Waals surface area contributed by atoms with Crippen LogP contribution in [0.2, 0.25) is 0 Å².